The first-order valence-corrected chi connectivity index (χ1v) is 6.42. The zero-order valence-corrected chi connectivity index (χ0v) is 10.5. The van der Waals surface area contributed by atoms with Crippen molar-refractivity contribution in [2.24, 2.45) is 0 Å². The Morgan fingerprint density at radius 3 is 2.65 bits per heavy atom. The van der Waals surface area contributed by atoms with Crippen LogP contribution in [-0.2, 0) is 5.33 Å². The van der Waals surface area contributed by atoms with Crippen LogP contribution in [0.1, 0.15) is 5.56 Å². The Morgan fingerprint density at radius 2 is 1.82 bits per heavy atom. The van der Waals surface area contributed by atoms with E-state index in [0.29, 0.717) is 11.0 Å². The van der Waals surface area contributed by atoms with Gasteiger partial charge in [-0.05, 0) is 23.8 Å². The topological polar surface area (TPSA) is 30.2 Å². The van der Waals surface area contributed by atoms with Gasteiger partial charge in [0, 0.05) is 16.1 Å². The number of benzene rings is 2. The van der Waals surface area contributed by atoms with E-state index in [1.54, 1.807) is 0 Å². The van der Waals surface area contributed by atoms with Gasteiger partial charge in [0.2, 0.25) is 0 Å². The smallest absolute Gasteiger partial charge is 0.344 e. The summed E-state index contributed by atoms with van der Waals surface area (Å²) in [6.07, 6.45) is 0. The Morgan fingerprint density at radius 1 is 1.00 bits per heavy atom. The fourth-order valence-corrected chi connectivity index (χ4v) is 2.36. The maximum Gasteiger partial charge on any atom is 0.344 e. The molecule has 0 aliphatic carbocycles. The summed E-state index contributed by atoms with van der Waals surface area (Å²) in [5.74, 6) is 0. The zero-order chi connectivity index (χ0) is 11.8. The Balaban J connectivity index is 2.57. The van der Waals surface area contributed by atoms with E-state index in [0.717, 1.165) is 21.7 Å². The molecule has 0 fully saturated rings. The monoisotopic (exact) mass is 288 g/mol. The maximum absolute atomic E-state index is 11.8. The highest BCUT2D eigenvalue weighted by Crippen LogP contribution is 2.24. The van der Waals surface area contributed by atoms with Crippen LogP contribution in [0.25, 0.3) is 21.7 Å². The number of rotatable bonds is 1. The van der Waals surface area contributed by atoms with E-state index in [1.807, 2.05) is 42.5 Å². The predicted octanol–water partition coefficient (Wildman–Crippen LogP) is 3.84. The molecule has 0 atom stereocenters. The first-order valence-electron chi connectivity index (χ1n) is 5.30. The summed E-state index contributed by atoms with van der Waals surface area (Å²) < 4.78 is 5.28. The molecule has 0 bridgehead atoms. The average Bonchev–Trinajstić information content (AvgIpc) is 2.38. The molecule has 0 saturated carbocycles. The summed E-state index contributed by atoms with van der Waals surface area (Å²) in [6, 6.07) is 13.4. The molecule has 0 aliphatic rings. The van der Waals surface area contributed by atoms with Crippen molar-refractivity contribution in [2.75, 3.05) is 0 Å². The molecule has 1 heterocycles. The van der Waals surface area contributed by atoms with Crippen LogP contribution in [0.4, 0.5) is 0 Å². The highest BCUT2D eigenvalue weighted by Gasteiger charge is 2.06. The standard InChI is InChI=1S/C14H9BrO2/c15-8-9-5-6-11-12(7-9)10-3-1-2-4-13(10)17-14(11)16/h1-7H,8H2. The van der Waals surface area contributed by atoms with Gasteiger partial charge in [0.25, 0.3) is 0 Å². The average molecular weight is 289 g/mol. The van der Waals surface area contributed by atoms with Crippen LogP contribution in [0.15, 0.2) is 51.7 Å². The number of halogens is 1. The van der Waals surface area contributed by atoms with Crippen molar-refractivity contribution in [1.29, 1.82) is 0 Å². The van der Waals surface area contributed by atoms with E-state index in [4.69, 9.17) is 4.42 Å². The number of hydrogen-bond acceptors (Lipinski definition) is 2. The molecule has 2 nitrogen and oxygen atoms in total. The molecule has 84 valence electrons. The minimum absolute atomic E-state index is 0.278. The summed E-state index contributed by atoms with van der Waals surface area (Å²) >= 11 is 3.42. The third kappa shape index (κ3) is 1.67. The van der Waals surface area contributed by atoms with E-state index in [9.17, 15) is 4.79 Å². The molecule has 3 rings (SSSR count). The number of fused-ring (bicyclic) bond motifs is 3. The van der Waals surface area contributed by atoms with E-state index in [-0.39, 0.29) is 5.63 Å². The van der Waals surface area contributed by atoms with Crippen molar-refractivity contribution >= 4 is 37.7 Å². The van der Waals surface area contributed by atoms with Crippen LogP contribution in [0.3, 0.4) is 0 Å². The van der Waals surface area contributed by atoms with Crippen LogP contribution in [0, 0.1) is 0 Å². The SMILES string of the molecule is O=c1oc2ccccc2c2cc(CBr)ccc12. The Hall–Kier alpha value is -1.61. The van der Waals surface area contributed by atoms with Gasteiger partial charge in [-0.2, -0.15) is 0 Å². The summed E-state index contributed by atoms with van der Waals surface area (Å²) in [7, 11) is 0. The molecule has 3 heteroatoms. The van der Waals surface area contributed by atoms with Gasteiger partial charge in [0.1, 0.15) is 5.58 Å². The summed E-state index contributed by atoms with van der Waals surface area (Å²) in [4.78, 5) is 11.8. The molecule has 0 spiro atoms. The number of alkyl halides is 1. The Kier molecular flexibility index (Phi) is 2.48. The molecule has 0 saturated heterocycles. The van der Waals surface area contributed by atoms with Gasteiger partial charge < -0.3 is 4.42 Å². The van der Waals surface area contributed by atoms with E-state index in [1.165, 1.54) is 0 Å². The predicted molar refractivity (Wildman–Crippen MR) is 72.6 cm³/mol. The first-order chi connectivity index (χ1) is 8.29. The van der Waals surface area contributed by atoms with Gasteiger partial charge in [-0.3, -0.25) is 0 Å². The maximum atomic E-state index is 11.8. The highest BCUT2D eigenvalue weighted by molar-refractivity contribution is 9.08. The third-order valence-corrected chi connectivity index (χ3v) is 3.49. The minimum Gasteiger partial charge on any atom is -0.422 e. The lowest BCUT2D eigenvalue weighted by atomic mass is 10.1. The molecule has 0 amide bonds. The molecular weight excluding hydrogens is 280 g/mol. The lowest BCUT2D eigenvalue weighted by Crippen LogP contribution is -1.99. The van der Waals surface area contributed by atoms with Crippen LogP contribution < -0.4 is 5.63 Å². The molecule has 3 aromatic rings. The van der Waals surface area contributed by atoms with E-state index >= 15 is 0 Å². The molecule has 17 heavy (non-hydrogen) atoms. The van der Waals surface area contributed by atoms with Crippen molar-refractivity contribution in [1.82, 2.24) is 0 Å². The minimum atomic E-state index is -0.278. The van der Waals surface area contributed by atoms with Gasteiger partial charge in [-0.15, -0.1) is 0 Å². The highest BCUT2D eigenvalue weighted by atomic mass is 79.9. The van der Waals surface area contributed by atoms with Crippen LogP contribution in [0.5, 0.6) is 0 Å². The van der Waals surface area contributed by atoms with Gasteiger partial charge in [-0.25, -0.2) is 4.79 Å². The second kappa shape index (κ2) is 4.00. The largest absolute Gasteiger partial charge is 0.422 e. The summed E-state index contributed by atoms with van der Waals surface area (Å²) in [5, 5.41) is 3.34. The van der Waals surface area contributed by atoms with Crippen molar-refractivity contribution < 1.29 is 4.42 Å². The quantitative estimate of drug-likeness (QED) is 0.387. The fourth-order valence-electron chi connectivity index (χ4n) is 2.01. The summed E-state index contributed by atoms with van der Waals surface area (Å²) in [5.41, 5.74) is 1.50. The second-order valence-electron chi connectivity index (χ2n) is 3.90. The molecule has 0 aliphatic heterocycles. The second-order valence-corrected chi connectivity index (χ2v) is 4.46. The lowest BCUT2D eigenvalue weighted by molar-refractivity contribution is 0.569. The van der Waals surface area contributed by atoms with Crippen LogP contribution >= 0.6 is 15.9 Å². The van der Waals surface area contributed by atoms with Crippen molar-refractivity contribution in [3.8, 4) is 0 Å². The van der Waals surface area contributed by atoms with E-state index < -0.39 is 0 Å². The molecule has 0 radical (unpaired) electrons. The zero-order valence-electron chi connectivity index (χ0n) is 8.94. The fraction of sp³-hybridized carbons (Fsp3) is 0.0714. The lowest BCUT2D eigenvalue weighted by Gasteiger charge is -2.03. The third-order valence-electron chi connectivity index (χ3n) is 2.84. The van der Waals surface area contributed by atoms with Crippen LogP contribution in [0.2, 0.25) is 0 Å². The Bertz CT molecular complexity index is 759. The Labute approximate surface area is 106 Å². The number of hydrogen-bond donors (Lipinski definition) is 0. The molecule has 0 N–H and O–H groups in total. The van der Waals surface area contributed by atoms with Crippen molar-refractivity contribution in [3.05, 3.63) is 58.4 Å². The molecular formula is C14H9BrO2. The molecule has 2 aromatic carbocycles. The van der Waals surface area contributed by atoms with Crippen molar-refractivity contribution in [2.45, 2.75) is 5.33 Å². The van der Waals surface area contributed by atoms with Gasteiger partial charge in [-0.1, -0.05) is 40.2 Å². The van der Waals surface area contributed by atoms with Gasteiger partial charge in [0.05, 0.1) is 5.39 Å². The van der Waals surface area contributed by atoms with E-state index in [2.05, 4.69) is 15.9 Å². The molecule has 1 aromatic heterocycles. The summed E-state index contributed by atoms with van der Waals surface area (Å²) in [6.45, 7) is 0. The first kappa shape index (κ1) is 10.5. The number of para-hydroxylation sites is 1. The van der Waals surface area contributed by atoms with Crippen LogP contribution in [-0.4, -0.2) is 0 Å². The normalized spacial score (nSPS) is 11.1. The van der Waals surface area contributed by atoms with Gasteiger partial charge in [0.15, 0.2) is 0 Å². The van der Waals surface area contributed by atoms with Crippen molar-refractivity contribution in [3.63, 3.8) is 0 Å². The van der Waals surface area contributed by atoms with Gasteiger partial charge >= 0.3 is 5.63 Å². The molecule has 0 unspecified atom stereocenters.